The highest BCUT2D eigenvalue weighted by molar-refractivity contribution is 7.14. The second-order valence-electron chi connectivity index (χ2n) is 4.53. The molecule has 0 spiro atoms. The molecule has 4 heteroatoms. The van der Waals surface area contributed by atoms with Gasteiger partial charge in [0.05, 0.1) is 9.94 Å². The van der Waals surface area contributed by atoms with Crippen molar-refractivity contribution in [3.63, 3.8) is 0 Å². The highest BCUT2D eigenvalue weighted by Crippen LogP contribution is 2.35. The fourth-order valence-electron chi connectivity index (χ4n) is 2.03. The Kier molecular flexibility index (Phi) is 3.90. The van der Waals surface area contributed by atoms with E-state index < -0.39 is 0 Å². The summed E-state index contributed by atoms with van der Waals surface area (Å²) in [4.78, 5) is 0. The lowest BCUT2D eigenvalue weighted by Crippen LogP contribution is -2.48. The number of halogens is 1. The van der Waals surface area contributed by atoms with E-state index in [1.165, 1.54) is 24.8 Å². The van der Waals surface area contributed by atoms with Gasteiger partial charge >= 0.3 is 0 Å². The van der Waals surface area contributed by atoms with Crippen LogP contribution >= 0.6 is 22.9 Å². The number of rotatable bonds is 5. The zero-order valence-corrected chi connectivity index (χ0v) is 11.3. The highest BCUT2D eigenvalue weighted by Gasteiger charge is 2.36. The topological polar surface area (TPSA) is 21.3 Å². The SMILES string of the molecule is COC1(CNC(C)c2csc(Cl)c2)CCC1. The maximum atomic E-state index is 5.93. The van der Waals surface area contributed by atoms with Crippen molar-refractivity contribution >= 4 is 22.9 Å². The lowest BCUT2D eigenvalue weighted by molar-refractivity contribution is -0.0706. The van der Waals surface area contributed by atoms with Crippen molar-refractivity contribution < 1.29 is 4.74 Å². The second kappa shape index (κ2) is 5.05. The first-order valence-corrected chi connectivity index (χ1v) is 6.93. The van der Waals surface area contributed by atoms with Gasteiger partial charge in [0, 0.05) is 19.7 Å². The molecule has 0 bridgehead atoms. The molecule has 2 nitrogen and oxygen atoms in total. The number of thiophene rings is 1. The second-order valence-corrected chi connectivity index (χ2v) is 6.07. The lowest BCUT2D eigenvalue weighted by atomic mass is 9.80. The molecule has 1 fully saturated rings. The Hall–Kier alpha value is -0.0900. The fourth-order valence-corrected chi connectivity index (χ4v) is 3.02. The van der Waals surface area contributed by atoms with Crippen LogP contribution in [-0.4, -0.2) is 19.3 Å². The average molecular weight is 260 g/mol. The predicted molar refractivity (Wildman–Crippen MR) is 69.3 cm³/mol. The Morgan fingerprint density at radius 2 is 2.38 bits per heavy atom. The van der Waals surface area contributed by atoms with E-state index in [1.54, 1.807) is 11.3 Å². The molecule has 90 valence electrons. The first-order valence-electron chi connectivity index (χ1n) is 5.68. The zero-order chi connectivity index (χ0) is 11.6. The molecule has 1 heterocycles. The maximum absolute atomic E-state index is 5.93. The minimum atomic E-state index is 0.0913. The van der Waals surface area contributed by atoms with Gasteiger partial charge in [-0.05, 0) is 43.2 Å². The molecule has 0 amide bonds. The summed E-state index contributed by atoms with van der Waals surface area (Å²) in [6.07, 6.45) is 3.63. The summed E-state index contributed by atoms with van der Waals surface area (Å²) in [5, 5.41) is 5.64. The number of ether oxygens (including phenoxy) is 1. The molecule has 1 aliphatic rings. The molecule has 0 aliphatic heterocycles. The van der Waals surface area contributed by atoms with Gasteiger partial charge in [-0.3, -0.25) is 0 Å². The van der Waals surface area contributed by atoms with Gasteiger partial charge in [0.15, 0.2) is 0 Å². The van der Waals surface area contributed by atoms with Crippen LogP contribution in [0.15, 0.2) is 11.4 Å². The molecule has 16 heavy (non-hydrogen) atoms. The molecule has 1 saturated carbocycles. The third-order valence-corrected chi connectivity index (χ3v) is 4.63. The number of hydrogen-bond donors (Lipinski definition) is 1. The van der Waals surface area contributed by atoms with Gasteiger partial charge < -0.3 is 10.1 Å². The Bertz CT molecular complexity index is 343. The molecule has 1 aromatic heterocycles. The molecule has 1 aliphatic carbocycles. The van der Waals surface area contributed by atoms with E-state index in [4.69, 9.17) is 16.3 Å². The van der Waals surface area contributed by atoms with Gasteiger partial charge in [0.25, 0.3) is 0 Å². The van der Waals surface area contributed by atoms with Gasteiger partial charge in [-0.25, -0.2) is 0 Å². The van der Waals surface area contributed by atoms with Crippen LogP contribution < -0.4 is 5.32 Å². The molecule has 1 aromatic rings. The molecule has 0 aromatic carbocycles. The smallest absolute Gasteiger partial charge is 0.0931 e. The van der Waals surface area contributed by atoms with E-state index in [9.17, 15) is 0 Å². The molecule has 1 atom stereocenters. The zero-order valence-electron chi connectivity index (χ0n) is 9.75. The molecular weight excluding hydrogens is 242 g/mol. The molecule has 0 saturated heterocycles. The third-order valence-electron chi connectivity index (χ3n) is 3.52. The summed E-state index contributed by atoms with van der Waals surface area (Å²) in [6, 6.07) is 2.38. The van der Waals surface area contributed by atoms with Crippen LogP contribution in [0.25, 0.3) is 0 Å². The van der Waals surface area contributed by atoms with Crippen molar-refractivity contribution in [1.29, 1.82) is 0 Å². The summed E-state index contributed by atoms with van der Waals surface area (Å²) in [5.41, 5.74) is 1.36. The average Bonchev–Trinajstić information content (AvgIpc) is 2.64. The molecule has 1 unspecified atom stereocenters. The van der Waals surface area contributed by atoms with Gasteiger partial charge in [0.2, 0.25) is 0 Å². The van der Waals surface area contributed by atoms with E-state index in [-0.39, 0.29) is 5.60 Å². The van der Waals surface area contributed by atoms with Crippen molar-refractivity contribution in [2.45, 2.75) is 37.8 Å². The molecule has 1 N–H and O–H groups in total. The maximum Gasteiger partial charge on any atom is 0.0931 e. The van der Waals surface area contributed by atoms with Gasteiger partial charge in [0.1, 0.15) is 0 Å². The van der Waals surface area contributed by atoms with Gasteiger partial charge in [-0.2, -0.15) is 0 Å². The van der Waals surface area contributed by atoms with E-state index in [0.29, 0.717) is 6.04 Å². The van der Waals surface area contributed by atoms with Crippen LogP contribution in [0.3, 0.4) is 0 Å². The third kappa shape index (κ3) is 2.59. The summed E-state index contributed by atoms with van der Waals surface area (Å²) in [6.45, 7) is 3.10. The largest absolute Gasteiger partial charge is 0.377 e. The van der Waals surface area contributed by atoms with Crippen molar-refractivity contribution in [3.05, 3.63) is 21.3 Å². The van der Waals surface area contributed by atoms with Crippen molar-refractivity contribution in [2.75, 3.05) is 13.7 Å². The summed E-state index contributed by atoms with van der Waals surface area (Å²) in [5.74, 6) is 0. The van der Waals surface area contributed by atoms with Crippen LogP contribution in [-0.2, 0) is 4.74 Å². The first kappa shape index (κ1) is 12.4. The van der Waals surface area contributed by atoms with E-state index in [0.717, 1.165) is 10.9 Å². The number of nitrogens with one attached hydrogen (secondary N) is 1. The fraction of sp³-hybridized carbons (Fsp3) is 0.667. The van der Waals surface area contributed by atoms with Crippen LogP contribution in [0.1, 0.15) is 37.8 Å². The van der Waals surface area contributed by atoms with Gasteiger partial charge in [-0.15, -0.1) is 11.3 Å². The summed E-state index contributed by atoms with van der Waals surface area (Å²) in [7, 11) is 1.81. The Labute approximate surface area is 106 Å². The predicted octanol–water partition coefficient (Wildman–Crippen LogP) is 3.62. The minimum absolute atomic E-state index is 0.0913. The van der Waals surface area contributed by atoms with Gasteiger partial charge in [-0.1, -0.05) is 11.6 Å². The number of methoxy groups -OCH3 is 1. The summed E-state index contributed by atoms with van der Waals surface area (Å²) < 4.78 is 6.43. The van der Waals surface area contributed by atoms with Crippen molar-refractivity contribution in [2.24, 2.45) is 0 Å². The Balaban J connectivity index is 1.86. The van der Waals surface area contributed by atoms with E-state index >= 15 is 0 Å². The monoisotopic (exact) mass is 259 g/mol. The molecule has 0 radical (unpaired) electrons. The van der Waals surface area contributed by atoms with Crippen LogP contribution in [0, 0.1) is 0 Å². The summed E-state index contributed by atoms with van der Waals surface area (Å²) >= 11 is 7.51. The molecular formula is C12H18ClNOS. The van der Waals surface area contributed by atoms with Crippen molar-refractivity contribution in [1.82, 2.24) is 5.32 Å². The normalized spacial score (nSPS) is 20.4. The van der Waals surface area contributed by atoms with Crippen LogP contribution in [0.2, 0.25) is 4.34 Å². The standard InChI is InChI=1S/C12H18ClNOS/c1-9(10-6-11(13)16-7-10)14-8-12(15-2)4-3-5-12/h6-7,9,14H,3-5,8H2,1-2H3. The Morgan fingerprint density at radius 1 is 1.62 bits per heavy atom. The quantitative estimate of drug-likeness (QED) is 0.872. The lowest BCUT2D eigenvalue weighted by Gasteiger charge is -2.41. The minimum Gasteiger partial charge on any atom is -0.377 e. The number of hydrogen-bond acceptors (Lipinski definition) is 3. The van der Waals surface area contributed by atoms with E-state index in [1.807, 2.05) is 13.2 Å². The molecule has 2 rings (SSSR count). The Morgan fingerprint density at radius 3 is 2.81 bits per heavy atom. The van der Waals surface area contributed by atoms with E-state index in [2.05, 4.69) is 17.6 Å². The van der Waals surface area contributed by atoms with Crippen LogP contribution in [0.4, 0.5) is 0 Å². The highest BCUT2D eigenvalue weighted by atomic mass is 35.5. The first-order chi connectivity index (χ1) is 7.65. The van der Waals surface area contributed by atoms with Crippen molar-refractivity contribution in [3.8, 4) is 0 Å². The van der Waals surface area contributed by atoms with Crippen LogP contribution in [0.5, 0.6) is 0 Å².